The van der Waals surface area contributed by atoms with Crippen molar-refractivity contribution in [1.82, 2.24) is 4.90 Å². The molecule has 9 heteroatoms. The van der Waals surface area contributed by atoms with Crippen LogP contribution in [0.3, 0.4) is 0 Å². The molecule has 0 fully saturated rings. The lowest BCUT2D eigenvalue weighted by molar-refractivity contribution is -0.152. The number of ether oxygens (including phenoxy) is 2. The third-order valence-electron chi connectivity index (χ3n) is 3.34. The summed E-state index contributed by atoms with van der Waals surface area (Å²) in [5.74, 6) is -0.987. The van der Waals surface area contributed by atoms with Gasteiger partial charge in [-0.25, -0.2) is 8.42 Å². The fourth-order valence-corrected chi connectivity index (χ4v) is 2.85. The maximum absolute atomic E-state index is 11.9. The molecule has 0 saturated heterocycles. The Bertz CT molecular complexity index is 745. The van der Waals surface area contributed by atoms with Gasteiger partial charge in [0, 0.05) is 6.54 Å². The molecular formula is C19H28N2O6S. The monoisotopic (exact) mass is 412 g/mol. The van der Waals surface area contributed by atoms with Crippen molar-refractivity contribution in [2.75, 3.05) is 31.0 Å². The number of likely N-dealkylation sites (N-methyl/N-ethyl adjacent to an activating group) is 1. The SMILES string of the molecule is C=CCOC(=O)CN(C)Cc1ccc(N(CC(=O)OC(C)(C)C)[SH](=O)=O)cc1. The van der Waals surface area contributed by atoms with Crippen LogP contribution < -0.4 is 4.31 Å². The third kappa shape index (κ3) is 9.01. The molecule has 0 unspecified atom stereocenters. The molecule has 8 nitrogen and oxygen atoms in total. The second-order valence-electron chi connectivity index (χ2n) is 7.19. The molecule has 0 radical (unpaired) electrons. The first kappa shape index (κ1) is 23.6. The van der Waals surface area contributed by atoms with Gasteiger partial charge in [-0.2, -0.15) is 0 Å². The zero-order chi connectivity index (χ0) is 21.3. The third-order valence-corrected chi connectivity index (χ3v) is 4.11. The second-order valence-corrected chi connectivity index (χ2v) is 8.15. The molecule has 0 atom stereocenters. The Morgan fingerprint density at radius 3 is 2.21 bits per heavy atom. The summed E-state index contributed by atoms with van der Waals surface area (Å²) in [6.07, 6.45) is 1.50. The molecule has 0 N–H and O–H groups in total. The average molecular weight is 413 g/mol. The van der Waals surface area contributed by atoms with Crippen molar-refractivity contribution in [2.45, 2.75) is 32.9 Å². The highest BCUT2D eigenvalue weighted by Crippen LogP contribution is 2.17. The van der Waals surface area contributed by atoms with Gasteiger partial charge in [0.2, 0.25) is 10.9 Å². The molecule has 0 aliphatic rings. The number of carbonyl (C=O) groups is 2. The minimum atomic E-state index is -3.01. The average Bonchev–Trinajstić information content (AvgIpc) is 2.56. The first-order valence-electron chi connectivity index (χ1n) is 8.69. The van der Waals surface area contributed by atoms with Gasteiger partial charge in [-0.1, -0.05) is 24.8 Å². The Hall–Kier alpha value is -2.39. The number of thiol groups is 1. The highest BCUT2D eigenvalue weighted by Gasteiger charge is 2.20. The molecule has 0 aliphatic heterocycles. The fraction of sp³-hybridized carbons (Fsp3) is 0.474. The van der Waals surface area contributed by atoms with Crippen molar-refractivity contribution in [1.29, 1.82) is 0 Å². The Morgan fingerprint density at radius 1 is 1.11 bits per heavy atom. The summed E-state index contributed by atoms with van der Waals surface area (Å²) in [5.41, 5.74) is 0.540. The first-order chi connectivity index (χ1) is 13.0. The highest BCUT2D eigenvalue weighted by atomic mass is 32.2. The summed E-state index contributed by atoms with van der Waals surface area (Å²) >= 11 is 0. The Labute approximate surface area is 167 Å². The largest absolute Gasteiger partial charge is 0.461 e. The van der Waals surface area contributed by atoms with Crippen LogP contribution in [0.1, 0.15) is 26.3 Å². The Morgan fingerprint density at radius 2 is 1.71 bits per heavy atom. The lowest BCUT2D eigenvalue weighted by atomic mass is 10.2. The standard InChI is InChI=1S/C19H28N2O6S/c1-6-11-26-17(22)13-20(5)12-15-7-9-16(10-8-15)21(28(24)25)14-18(23)27-19(2,3)4/h6-10,28H,1,11-14H2,2-5H3. The van der Waals surface area contributed by atoms with Crippen LogP contribution >= 0.6 is 0 Å². The van der Waals surface area contributed by atoms with Crippen LogP contribution in [0.5, 0.6) is 0 Å². The van der Waals surface area contributed by atoms with Crippen LogP contribution in [0.25, 0.3) is 0 Å². The van der Waals surface area contributed by atoms with Crippen LogP contribution in [-0.4, -0.2) is 57.6 Å². The first-order valence-corrected chi connectivity index (χ1v) is 9.82. The van der Waals surface area contributed by atoms with E-state index in [9.17, 15) is 18.0 Å². The molecule has 0 bridgehead atoms. The lowest BCUT2D eigenvalue weighted by Gasteiger charge is -2.23. The van der Waals surface area contributed by atoms with Gasteiger partial charge in [0.25, 0.3) is 0 Å². The van der Waals surface area contributed by atoms with Crippen LogP contribution in [0.2, 0.25) is 0 Å². The van der Waals surface area contributed by atoms with Crippen molar-refractivity contribution < 1.29 is 27.5 Å². The predicted molar refractivity (Wildman–Crippen MR) is 107 cm³/mol. The summed E-state index contributed by atoms with van der Waals surface area (Å²) < 4.78 is 34.2. The zero-order valence-corrected chi connectivity index (χ0v) is 17.6. The van der Waals surface area contributed by atoms with Crippen LogP contribution in [0.4, 0.5) is 5.69 Å². The number of hydrogen-bond acceptors (Lipinski definition) is 7. The number of anilines is 1. The Balaban J connectivity index is 2.73. The summed E-state index contributed by atoms with van der Waals surface area (Å²) in [6, 6.07) is 6.69. The molecule has 0 aromatic heterocycles. The lowest BCUT2D eigenvalue weighted by Crippen LogP contribution is -2.34. The van der Waals surface area contributed by atoms with E-state index in [2.05, 4.69) is 6.58 Å². The van der Waals surface area contributed by atoms with Crippen molar-refractivity contribution in [3.05, 3.63) is 42.5 Å². The molecule has 1 rings (SSSR count). The van der Waals surface area contributed by atoms with Gasteiger partial charge >= 0.3 is 11.9 Å². The molecule has 1 aromatic carbocycles. The number of hydrogen-bond donors (Lipinski definition) is 1. The normalized spacial score (nSPS) is 11.4. The number of benzene rings is 1. The van der Waals surface area contributed by atoms with Gasteiger partial charge in [0.05, 0.1) is 12.2 Å². The summed E-state index contributed by atoms with van der Waals surface area (Å²) in [7, 11) is -1.24. The van der Waals surface area contributed by atoms with Gasteiger partial charge < -0.3 is 9.47 Å². The zero-order valence-electron chi connectivity index (χ0n) is 16.7. The summed E-state index contributed by atoms with van der Waals surface area (Å²) in [5, 5.41) is 0. The van der Waals surface area contributed by atoms with Gasteiger partial charge in [-0.15, -0.1) is 0 Å². The molecule has 1 aromatic rings. The van der Waals surface area contributed by atoms with E-state index in [-0.39, 0.29) is 19.1 Å². The number of rotatable bonds is 10. The second kappa shape index (κ2) is 10.8. The van der Waals surface area contributed by atoms with Gasteiger partial charge in [-0.3, -0.25) is 18.8 Å². The van der Waals surface area contributed by atoms with Gasteiger partial charge in [0.15, 0.2) is 0 Å². The smallest absolute Gasteiger partial charge is 0.327 e. The van der Waals surface area contributed by atoms with Crippen molar-refractivity contribution in [3.63, 3.8) is 0 Å². The quantitative estimate of drug-likeness (QED) is 0.354. The summed E-state index contributed by atoms with van der Waals surface area (Å²) in [4.78, 5) is 25.3. The topological polar surface area (TPSA) is 93.2 Å². The van der Waals surface area contributed by atoms with Crippen LogP contribution in [-0.2, 0) is 36.5 Å². The fourth-order valence-electron chi connectivity index (χ4n) is 2.30. The number of esters is 2. The molecule has 156 valence electrons. The van der Waals surface area contributed by atoms with E-state index in [1.54, 1.807) is 57.0 Å². The maximum Gasteiger partial charge on any atom is 0.327 e. The minimum absolute atomic E-state index is 0.118. The van der Waals surface area contributed by atoms with E-state index in [1.807, 2.05) is 0 Å². The van der Waals surface area contributed by atoms with Crippen molar-refractivity contribution in [3.8, 4) is 0 Å². The molecule has 0 heterocycles. The summed E-state index contributed by atoms with van der Waals surface area (Å²) in [6.45, 7) is 8.98. The Kier molecular flexibility index (Phi) is 9.14. The van der Waals surface area contributed by atoms with E-state index in [1.165, 1.54) is 6.08 Å². The van der Waals surface area contributed by atoms with Crippen molar-refractivity contribution in [2.24, 2.45) is 0 Å². The molecule has 28 heavy (non-hydrogen) atoms. The molecule has 0 spiro atoms. The molecular weight excluding hydrogens is 384 g/mol. The molecule has 0 saturated carbocycles. The van der Waals surface area contributed by atoms with Gasteiger partial charge in [0.1, 0.15) is 18.8 Å². The van der Waals surface area contributed by atoms with E-state index < -0.39 is 29.0 Å². The van der Waals surface area contributed by atoms with Gasteiger partial charge in [-0.05, 0) is 45.5 Å². The van der Waals surface area contributed by atoms with Crippen LogP contribution in [0, 0.1) is 0 Å². The number of nitrogens with zero attached hydrogens (tertiary/aromatic N) is 2. The molecule has 0 amide bonds. The van der Waals surface area contributed by atoms with E-state index in [4.69, 9.17) is 9.47 Å². The highest BCUT2D eigenvalue weighted by molar-refractivity contribution is 7.74. The molecule has 0 aliphatic carbocycles. The van der Waals surface area contributed by atoms with E-state index in [0.717, 1.165) is 9.87 Å². The number of carbonyl (C=O) groups excluding carboxylic acids is 2. The maximum atomic E-state index is 11.9. The van der Waals surface area contributed by atoms with Crippen LogP contribution in [0.15, 0.2) is 36.9 Å². The minimum Gasteiger partial charge on any atom is -0.461 e. The van der Waals surface area contributed by atoms with Crippen molar-refractivity contribution >= 4 is 28.5 Å². The van der Waals surface area contributed by atoms with E-state index in [0.29, 0.717) is 12.2 Å². The predicted octanol–water partition coefficient (Wildman–Crippen LogP) is 1.52. The van der Waals surface area contributed by atoms with E-state index >= 15 is 0 Å².